The average Bonchev–Trinajstić information content (AvgIpc) is 2.60. The summed E-state index contributed by atoms with van der Waals surface area (Å²) in [5.41, 5.74) is 3.41. The Morgan fingerprint density at radius 1 is 1.00 bits per heavy atom. The predicted molar refractivity (Wildman–Crippen MR) is 97.9 cm³/mol. The molecule has 0 saturated heterocycles. The third-order valence-corrected chi connectivity index (χ3v) is 6.67. The van der Waals surface area contributed by atoms with Gasteiger partial charge in [-0.25, -0.2) is 0 Å². The van der Waals surface area contributed by atoms with E-state index in [9.17, 15) is 4.79 Å². The van der Waals surface area contributed by atoms with E-state index in [-0.39, 0.29) is 15.6 Å². The molecule has 1 amide bonds. The zero-order valence-electron chi connectivity index (χ0n) is 12.1. The molecule has 0 bridgehead atoms. The minimum atomic E-state index is -0.291. The predicted octanol–water partition coefficient (Wildman–Crippen LogP) is 4.87. The van der Waals surface area contributed by atoms with Gasteiger partial charge in [-0.3, -0.25) is 4.79 Å². The Labute approximate surface area is 147 Å². The number of halogens is 2. The largest absolute Gasteiger partial charge is 0.311 e. The summed E-state index contributed by atoms with van der Waals surface area (Å²) < 4.78 is 0. The highest BCUT2D eigenvalue weighted by atomic mass is 79.9. The quantitative estimate of drug-likeness (QED) is 0.646. The Hall–Kier alpha value is -1.13. The molecule has 2 aromatic rings. The first-order valence-corrected chi connectivity index (χ1v) is 9.24. The van der Waals surface area contributed by atoms with Gasteiger partial charge in [-0.1, -0.05) is 80.4 Å². The SMILES string of the molecule is O=C([C@@H](Br)[C@@H](Br)c1ccccc1)N1CCCc2ccccc21. The fourth-order valence-electron chi connectivity index (χ4n) is 2.84. The van der Waals surface area contributed by atoms with Crippen LogP contribution in [-0.4, -0.2) is 17.3 Å². The number of fused-ring (bicyclic) bond motifs is 1. The standard InChI is InChI=1S/C18H17Br2NO/c19-16(14-8-2-1-3-9-14)17(20)18(22)21-12-6-10-13-7-4-5-11-15(13)21/h1-5,7-9,11,16-17H,6,10,12H2/t16-,17-/m0/s1. The van der Waals surface area contributed by atoms with Crippen molar-refractivity contribution in [1.29, 1.82) is 0 Å². The van der Waals surface area contributed by atoms with E-state index in [1.807, 2.05) is 53.4 Å². The molecule has 1 aliphatic heterocycles. The maximum atomic E-state index is 12.9. The first-order valence-electron chi connectivity index (χ1n) is 7.41. The first kappa shape index (κ1) is 15.8. The summed E-state index contributed by atoms with van der Waals surface area (Å²) in [5.74, 6) is 0.109. The summed E-state index contributed by atoms with van der Waals surface area (Å²) in [6, 6.07) is 18.2. The second-order valence-corrected chi connectivity index (χ2v) is 7.41. The molecular weight excluding hydrogens is 406 g/mol. The van der Waals surface area contributed by atoms with E-state index in [2.05, 4.69) is 37.9 Å². The molecule has 0 unspecified atom stereocenters. The molecule has 0 aliphatic carbocycles. The summed E-state index contributed by atoms with van der Waals surface area (Å²) in [7, 11) is 0. The van der Waals surface area contributed by atoms with Crippen LogP contribution in [0.5, 0.6) is 0 Å². The van der Waals surface area contributed by atoms with Gasteiger partial charge in [0.2, 0.25) is 5.91 Å². The fourth-order valence-corrected chi connectivity index (χ4v) is 3.93. The number of benzene rings is 2. The number of carbonyl (C=O) groups is 1. The van der Waals surface area contributed by atoms with Crippen molar-refractivity contribution >= 4 is 43.5 Å². The summed E-state index contributed by atoms with van der Waals surface area (Å²) in [6.45, 7) is 0.784. The number of hydrogen-bond acceptors (Lipinski definition) is 1. The van der Waals surface area contributed by atoms with Gasteiger partial charge < -0.3 is 4.90 Å². The second-order valence-electron chi connectivity index (χ2n) is 5.44. The monoisotopic (exact) mass is 421 g/mol. The van der Waals surface area contributed by atoms with E-state index in [1.54, 1.807) is 0 Å². The van der Waals surface area contributed by atoms with Crippen LogP contribution in [0.4, 0.5) is 5.69 Å². The van der Waals surface area contributed by atoms with Crippen molar-refractivity contribution in [2.75, 3.05) is 11.4 Å². The molecule has 0 N–H and O–H groups in total. The minimum absolute atomic E-state index is 0.0460. The van der Waals surface area contributed by atoms with E-state index < -0.39 is 0 Å². The van der Waals surface area contributed by atoms with Crippen molar-refractivity contribution in [3.63, 3.8) is 0 Å². The number of para-hydroxylation sites is 1. The van der Waals surface area contributed by atoms with Crippen LogP contribution >= 0.6 is 31.9 Å². The van der Waals surface area contributed by atoms with Crippen LogP contribution in [-0.2, 0) is 11.2 Å². The van der Waals surface area contributed by atoms with Gasteiger partial charge in [0, 0.05) is 12.2 Å². The third kappa shape index (κ3) is 3.13. The van der Waals surface area contributed by atoms with Crippen LogP contribution < -0.4 is 4.90 Å². The Kier molecular flexibility index (Phi) is 4.99. The number of hydrogen-bond donors (Lipinski definition) is 0. The number of alkyl halides is 2. The molecule has 0 spiro atoms. The zero-order chi connectivity index (χ0) is 15.5. The lowest BCUT2D eigenvalue weighted by Crippen LogP contribution is -2.41. The van der Waals surface area contributed by atoms with E-state index in [0.717, 1.165) is 30.6 Å². The molecule has 2 aromatic carbocycles. The van der Waals surface area contributed by atoms with Crippen molar-refractivity contribution in [2.45, 2.75) is 22.5 Å². The molecule has 2 nitrogen and oxygen atoms in total. The van der Waals surface area contributed by atoms with Crippen molar-refractivity contribution < 1.29 is 4.79 Å². The molecule has 4 heteroatoms. The van der Waals surface area contributed by atoms with Gasteiger partial charge in [-0.05, 0) is 30.0 Å². The highest BCUT2D eigenvalue weighted by Gasteiger charge is 2.31. The van der Waals surface area contributed by atoms with Crippen LogP contribution in [0.2, 0.25) is 0 Å². The Morgan fingerprint density at radius 3 is 2.45 bits per heavy atom. The van der Waals surface area contributed by atoms with E-state index >= 15 is 0 Å². The van der Waals surface area contributed by atoms with E-state index in [1.165, 1.54) is 5.56 Å². The Bertz CT molecular complexity index is 659. The van der Waals surface area contributed by atoms with Crippen molar-refractivity contribution in [2.24, 2.45) is 0 Å². The molecule has 3 rings (SSSR count). The fraction of sp³-hybridized carbons (Fsp3) is 0.278. The highest BCUT2D eigenvalue weighted by molar-refractivity contribution is 9.12. The summed E-state index contributed by atoms with van der Waals surface area (Å²) in [4.78, 5) is 14.5. The number of nitrogens with zero attached hydrogens (tertiary/aromatic N) is 1. The molecule has 1 heterocycles. The Balaban J connectivity index is 1.82. The van der Waals surface area contributed by atoms with Gasteiger partial charge in [-0.15, -0.1) is 0 Å². The maximum Gasteiger partial charge on any atom is 0.242 e. The molecule has 1 aliphatic rings. The van der Waals surface area contributed by atoms with Crippen LogP contribution in [0.25, 0.3) is 0 Å². The summed E-state index contributed by atoms with van der Waals surface area (Å²) in [6.07, 6.45) is 2.06. The third-order valence-electron chi connectivity index (χ3n) is 3.99. The number of anilines is 1. The topological polar surface area (TPSA) is 20.3 Å². The summed E-state index contributed by atoms with van der Waals surface area (Å²) in [5, 5.41) is 0. The normalized spacial score (nSPS) is 16.7. The van der Waals surface area contributed by atoms with Gasteiger partial charge in [0.1, 0.15) is 4.83 Å². The molecule has 22 heavy (non-hydrogen) atoms. The molecule has 114 valence electrons. The van der Waals surface area contributed by atoms with Crippen molar-refractivity contribution in [3.8, 4) is 0 Å². The molecule has 0 fully saturated rings. The van der Waals surface area contributed by atoms with Crippen molar-refractivity contribution in [3.05, 3.63) is 65.7 Å². The number of aryl methyl sites for hydroxylation is 1. The maximum absolute atomic E-state index is 12.9. The molecule has 0 aromatic heterocycles. The van der Waals surface area contributed by atoms with Gasteiger partial charge >= 0.3 is 0 Å². The smallest absolute Gasteiger partial charge is 0.242 e. The number of amides is 1. The van der Waals surface area contributed by atoms with Crippen molar-refractivity contribution in [1.82, 2.24) is 0 Å². The second kappa shape index (κ2) is 6.97. The lowest BCUT2D eigenvalue weighted by atomic mass is 10.0. The molecule has 2 atom stereocenters. The lowest BCUT2D eigenvalue weighted by Gasteiger charge is -2.32. The van der Waals surface area contributed by atoms with Gasteiger partial charge in [0.15, 0.2) is 0 Å². The first-order chi connectivity index (χ1) is 10.7. The van der Waals surface area contributed by atoms with Crippen LogP contribution in [0.3, 0.4) is 0 Å². The van der Waals surface area contributed by atoms with E-state index in [4.69, 9.17) is 0 Å². The van der Waals surface area contributed by atoms with Crippen LogP contribution in [0.15, 0.2) is 54.6 Å². The summed E-state index contributed by atoms with van der Waals surface area (Å²) >= 11 is 7.26. The van der Waals surface area contributed by atoms with E-state index in [0.29, 0.717) is 0 Å². The van der Waals surface area contributed by atoms with Gasteiger partial charge in [0.25, 0.3) is 0 Å². The lowest BCUT2D eigenvalue weighted by molar-refractivity contribution is -0.118. The van der Waals surface area contributed by atoms with Gasteiger partial charge in [0.05, 0.1) is 4.83 Å². The molecule has 0 saturated carbocycles. The number of carbonyl (C=O) groups excluding carboxylic acids is 1. The van der Waals surface area contributed by atoms with Gasteiger partial charge in [-0.2, -0.15) is 0 Å². The number of rotatable bonds is 3. The zero-order valence-corrected chi connectivity index (χ0v) is 15.3. The van der Waals surface area contributed by atoms with Crippen LogP contribution in [0, 0.1) is 0 Å². The minimum Gasteiger partial charge on any atom is -0.311 e. The molecule has 0 radical (unpaired) electrons. The average molecular weight is 423 g/mol. The Morgan fingerprint density at radius 2 is 1.68 bits per heavy atom. The highest BCUT2D eigenvalue weighted by Crippen LogP contribution is 2.35. The van der Waals surface area contributed by atoms with Crippen LogP contribution in [0.1, 0.15) is 22.4 Å². The molecular formula is C18H17Br2NO.